The molecule has 232 valence electrons. The SMILES string of the molecule is O=C1c2ccccc2Cc2cccc(C3(N4c5ccccc5Sc5ccccc54)c4ccccc4N(c4ccccc4)c4ccccc43)c21. The Morgan fingerprint density at radius 3 is 1.65 bits per heavy atom. The largest absolute Gasteiger partial charge is 0.321 e. The van der Waals surface area contributed by atoms with Crippen LogP contribution in [0.15, 0.2) is 180 Å². The van der Waals surface area contributed by atoms with E-state index in [9.17, 15) is 4.79 Å². The van der Waals surface area contributed by atoms with Crippen molar-refractivity contribution in [1.29, 1.82) is 0 Å². The molecular weight excluding hydrogens is 617 g/mol. The highest BCUT2D eigenvalue weighted by Crippen LogP contribution is 2.63. The van der Waals surface area contributed by atoms with E-state index in [0.29, 0.717) is 6.42 Å². The lowest BCUT2D eigenvalue weighted by molar-refractivity contribution is 0.103. The molecule has 10 rings (SSSR count). The average Bonchev–Trinajstić information content (AvgIpc) is 3.16. The molecule has 0 aromatic heterocycles. The van der Waals surface area contributed by atoms with Crippen LogP contribution in [-0.2, 0) is 12.0 Å². The Bertz CT molecular complexity index is 2360. The molecule has 0 radical (unpaired) electrons. The molecule has 1 aliphatic carbocycles. The zero-order valence-electron chi connectivity index (χ0n) is 26.6. The summed E-state index contributed by atoms with van der Waals surface area (Å²) < 4.78 is 0. The van der Waals surface area contributed by atoms with Crippen LogP contribution in [-0.4, -0.2) is 5.78 Å². The van der Waals surface area contributed by atoms with Crippen LogP contribution in [0.2, 0.25) is 0 Å². The lowest BCUT2D eigenvalue weighted by atomic mass is 9.67. The summed E-state index contributed by atoms with van der Waals surface area (Å²) in [5.41, 5.74) is 11.5. The molecule has 2 heterocycles. The zero-order chi connectivity index (χ0) is 32.5. The average molecular weight is 647 g/mol. The number of carbonyl (C=O) groups is 1. The fraction of sp³-hybridized carbons (Fsp3) is 0.0444. The molecule has 7 aromatic carbocycles. The van der Waals surface area contributed by atoms with E-state index in [1.807, 2.05) is 18.2 Å². The van der Waals surface area contributed by atoms with Crippen LogP contribution in [0.5, 0.6) is 0 Å². The normalized spacial score (nSPS) is 14.9. The fourth-order valence-corrected chi connectivity index (χ4v) is 9.41. The van der Waals surface area contributed by atoms with Crippen molar-refractivity contribution in [3.05, 3.63) is 209 Å². The van der Waals surface area contributed by atoms with Gasteiger partial charge >= 0.3 is 0 Å². The molecule has 4 heteroatoms. The Hall–Kier alpha value is -5.84. The number of hydrogen-bond donors (Lipinski definition) is 0. The second-order valence-corrected chi connectivity index (χ2v) is 13.9. The Labute approximate surface area is 290 Å². The number of ketones is 1. The molecule has 0 spiro atoms. The van der Waals surface area contributed by atoms with Gasteiger partial charge in [-0.2, -0.15) is 0 Å². The van der Waals surface area contributed by atoms with Crippen molar-refractivity contribution in [3.63, 3.8) is 0 Å². The summed E-state index contributed by atoms with van der Waals surface area (Å²) in [7, 11) is 0. The minimum atomic E-state index is -0.918. The van der Waals surface area contributed by atoms with Crippen molar-refractivity contribution in [2.75, 3.05) is 9.80 Å². The van der Waals surface area contributed by atoms with Gasteiger partial charge in [-0.1, -0.05) is 133 Å². The van der Waals surface area contributed by atoms with Crippen molar-refractivity contribution in [3.8, 4) is 0 Å². The standard InChI is InChI=1S/C45H30N2OS/c48-44-33-19-5-4-15-30(33)29-31-16-14-22-36(43(31)44)45(47-39-25-10-12-27-41(39)49-42-28-13-11-26-40(42)47)34-20-6-8-23-37(34)46(32-17-2-1-3-18-32)38-24-9-7-21-35(38)45/h1-28H,29H2. The zero-order valence-corrected chi connectivity index (χ0v) is 27.4. The van der Waals surface area contributed by atoms with Gasteiger partial charge < -0.3 is 9.80 Å². The minimum absolute atomic E-state index is 0.0835. The molecule has 0 amide bonds. The molecule has 0 saturated heterocycles. The van der Waals surface area contributed by atoms with E-state index in [1.165, 1.54) is 9.79 Å². The van der Waals surface area contributed by atoms with Crippen LogP contribution in [0.25, 0.3) is 0 Å². The van der Waals surface area contributed by atoms with E-state index < -0.39 is 5.54 Å². The van der Waals surface area contributed by atoms with Gasteiger partial charge in [0.05, 0.1) is 22.7 Å². The van der Waals surface area contributed by atoms with Gasteiger partial charge in [0.15, 0.2) is 5.78 Å². The molecule has 49 heavy (non-hydrogen) atoms. The number of para-hydroxylation sites is 5. The number of anilines is 5. The van der Waals surface area contributed by atoms with Crippen LogP contribution in [0.1, 0.15) is 43.7 Å². The third kappa shape index (κ3) is 3.95. The number of benzene rings is 7. The van der Waals surface area contributed by atoms with E-state index in [1.54, 1.807) is 11.8 Å². The van der Waals surface area contributed by atoms with Crippen LogP contribution in [0.4, 0.5) is 28.4 Å². The van der Waals surface area contributed by atoms with Crippen LogP contribution < -0.4 is 9.80 Å². The highest BCUT2D eigenvalue weighted by atomic mass is 32.2. The van der Waals surface area contributed by atoms with Crippen molar-refractivity contribution >= 4 is 46.0 Å². The number of hydrogen-bond acceptors (Lipinski definition) is 4. The highest BCUT2D eigenvalue weighted by molar-refractivity contribution is 7.99. The third-order valence-corrected chi connectivity index (χ3v) is 11.4. The number of rotatable bonds is 3. The number of fused-ring (bicyclic) bond motifs is 6. The third-order valence-electron chi connectivity index (χ3n) is 10.3. The Kier molecular flexibility index (Phi) is 6.24. The number of nitrogens with zero attached hydrogens (tertiary/aromatic N) is 2. The molecule has 3 aliphatic rings. The van der Waals surface area contributed by atoms with E-state index in [-0.39, 0.29) is 5.78 Å². The Morgan fingerprint density at radius 2 is 0.980 bits per heavy atom. The van der Waals surface area contributed by atoms with Gasteiger partial charge in [-0.25, -0.2) is 0 Å². The molecule has 0 N–H and O–H groups in total. The van der Waals surface area contributed by atoms with Crippen molar-refractivity contribution in [1.82, 2.24) is 0 Å². The monoisotopic (exact) mass is 646 g/mol. The van der Waals surface area contributed by atoms with E-state index >= 15 is 0 Å². The van der Waals surface area contributed by atoms with Crippen molar-refractivity contribution in [2.24, 2.45) is 0 Å². The molecule has 3 nitrogen and oxygen atoms in total. The molecule has 0 fully saturated rings. The molecule has 0 unspecified atom stereocenters. The van der Waals surface area contributed by atoms with Gasteiger partial charge in [-0.05, 0) is 71.6 Å². The summed E-state index contributed by atoms with van der Waals surface area (Å²) in [4.78, 5) is 22.3. The van der Waals surface area contributed by atoms with Gasteiger partial charge in [-0.15, -0.1) is 0 Å². The summed E-state index contributed by atoms with van der Waals surface area (Å²) in [6.45, 7) is 0. The lowest BCUT2D eigenvalue weighted by Gasteiger charge is -2.54. The maximum absolute atomic E-state index is 15.0. The van der Waals surface area contributed by atoms with Gasteiger partial charge in [-0.3, -0.25) is 4.79 Å². The fourth-order valence-electron chi connectivity index (χ4n) is 8.35. The molecular formula is C45H30N2OS. The second-order valence-electron chi connectivity index (χ2n) is 12.8. The minimum Gasteiger partial charge on any atom is -0.321 e. The van der Waals surface area contributed by atoms with Crippen LogP contribution >= 0.6 is 11.8 Å². The summed E-state index contributed by atoms with van der Waals surface area (Å²) in [6.07, 6.45) is 0.712. The first-order valence-electron chi connectivity index (χ1n) is 16.7. The number of carbonyl (C=O) groups excluding carboxylic acids is 1. The predicted octanol–water partition coefficient (Wildman–Crippen LogP) is 11.2. The quantitative estimate of drug-likeness (QED) is 0.191. The topological polar surface area (TPSA) is 23.6 Å². The molecule has 7 aromatic rings. The van der Waals surface area contributed by atoms with E-state index in [2.05, 4.69) is 161 Å². The summed E-state index contributed by atoms with van der Waals surface area (Å²) >= 11 is 1.81. The Balaban J connectivity index is 1.40. The van der Waals surface area contributed by atoms with Crippen molar-refractivity contribution < 1.29 is 4.79 Å². The van der Waals surface area contributed by atoms with Crippen molar-refractivity contribution in [2.45, 2.75) is 21.8 Å². The van der Waals surface area contributed by atoms with Gasteiger partial charge in [0.25, 0.3) is 0 Å². The highest BCUT2D eigenvalue weighted by Gasteiger charge is 2.53. The van der Waals surface area contributed by atoms with Crippen LogP contribution in [0, 0.1) is 0 Å². The first-order chi connectivity index (χ1) is 24.2. The maximum Gasteiger partial charge on any atom is 0.193 e. The maximum atomic E-state index is 15.0. The second kappa shape index (κ2) is 10.8. The van der Waals surface area contributed by atoms with Crippen LogP contribution in [0.3, 0.4) is 0 Å². The lowest BCUT2D eigenvalue weighted by Crippen LogP contribution is -2.50. The summed E-state index contributed by atoms with van der Waals surface area (Å²) in [5.74, 6) is 0.0835. The smallest absolute Gasteiger partial charge is 0.193 e. The summed E-state index contributed by atoms with van der Waals surface area (Å²) in [5, 5.41) is 0. The van der Waals surface area contributed by atoms with Gasteiger partial charge in [0.1, 0.15) is 5.54 Å². The molecule has 0 saturated carbocycles. The molecule has 0 atom stereocenters. The van der Waals surface area contributed by atoms with E-state index in [4.69, 9.17) is 0 Å². The summed E-state index contributed by atoms with van der Waals surface area (Å²) in [6, 6.07) is 60.2. The Morgan fingerprint density at radius 1 is 0.469 bits per heavy atom. The van der Waals surface area contributed by atoms with Gasteiger partial charge in [0.2, 0.25) is 0 Å². The predicted molar refractivity (Wildman–Crippen MR) is 199 cm³/mol. The molecule has 2 aliphatic heterocycles. The molecule has 0 bridgehead atoms. The first kappa shape index (κ1) is 28.2. The first-order valence-corrected chi connectivity index (χ1v) is 17.5. The van der Waals surface area contributed by atoms with E-state index in [0.717, 1.165) is 67.4 Å². The van der Waals surface area contributed by atoms with Gasteiger partial charge in [0, 0.05) is 37.7 Å².